The number of imide groups is 1. The molecule has 1 aromatic rings. The molecule has 25 heavy (non-hydrogen) atoms. The van der Waals surface area contributed by atoms with Gasteiger partial charge in [0.2, 0.25) is 11.8 Å². The molecule has 1 atom stereocenters. The molecule has 2 heterocycles. The molecule has 2 amide bonds. The molecule has 0 spiro atoms. The molecule has 2 aliphatic heterocycles. The van der Waals surface area contributed by atoms with Gasteiger partial charge in [-0.3, -0.25) is 19.4 Å². The molecule has 2 saturated heterocycles. The number of anilines is 1. The molecule has 8 heteroatoms. The summed E-state index contributed by atoms with van der Waals surface area (Å²) >= 11 is 0. The molecule has 0 N–H and O–H groups in total. The largest absolute Gasteiger partial charge is 0.416 e. The Morgan fingerprint density at radius 3 is 2.36 bits per heavy atom. The third-order valence-corrected chi connectivity index (χ3v) is 4.72. The van der Waals surface area contributed by atoms with Gasteiger partial charge in [0, 0.05) is 44.2 Å². The zero-order valence-electron chi connectivity index (χ0n) is 13.9. The van der Waals surface area contributed by atoms with E-state index in [1.54, 1.807) is 13.0 Å². The highest BCUT2D eigenvalue weighted by Gasteiger charge is 2.37. The number of piperazine rings is 1. The second kappa shape index (κ2) is 6.67. The van der Waals surface area contributed by atoms with Crippen LogP contribution in [0.25, 0.3) is 0 Å². The van der Waals surface area contributed by atoms with Gasteiger partial charge in [-0.1, -0.05) is 13.0 Å². The van der Waals surface area contributed by atoms with Crippen molar-refractivity contribution in [2.45, 2.75) is 19.5 Å². The first-order valence-corrected chi connectivity index (χ1v) is 8.24. The number of hydrogen-bond donors (Lipinski definition) is 0. The molecule has 0 saturated carbocycles. The van der Waals surface area contributed by atoms with Crippen LogP contribution in [0.4, 0.5) is 18.9 Å². The first kappa shape index (κ1) is 17.7. The van der Waals surface area contributed by atoms with E-state index in [4.69, 9.17) is 0 Å². The Bertz CT molecular complexity index is 669. The van der Waals surface area contributed by atoms with Crippen molar-refractivity contribution in [1.82, 2.24) is 9.80 Å². The Morgan fingerprint density at radius 1 is 1.12 bits per heavy atom. The highest BCUT2D eigenvalue weighted by molar-refractivity contribution is 6.03. The third-order valence-electron chi connectivity index (χ3n) is 4.72. The van der Waals surface area contributed by atoms with E-state index >= 15 is 0 Å². The number of amides is 2. The van der Waals surface area contributed by atoms with Crippen LogP contribution in [0.2, 0.25) is 0 Å². The van der Waals surface area contributed by atoms with Crippen LogP contribution in [0.1, 0.15) is 18.9 Å². The third kappa shape index (κ3) is 3.78. The van der Waals surface area contributed by atoms with Crippen LogP contribution in [-0.4, -0.2) is 54.5 Å². The van der Waals surface area contributed by atoms with Crippen molar-refractivity contribution in [2.75, 3.05) is 37.7 Å². The number of hydrogen-bond acceptors (Lipinski definition) is 4. The van der Waals surface area contributed by atoms with Gasteiger partial charge in [0.15, 0.2) is 0 Å². The fourth-order valence-corrected chi connectivity index (χ4v) is 3.22. The number of nitrogens with zero attached hydrogens (tertiary/aromatic N) is 3. The predicted octanol–water partition coefficient (Wildman–Crippen LogP) is 2.18. The molecular formula is C17H20F3N3O2. The summed E-state index contributed by atoms with van der Waals surface area (Å²) in [5.74, 6) is -0.568. The molecule has 1 aromatic carbocycles. The standard InChI is InChI=1S/C17H20F3N3O2/c1-12-9-15(24)23(16(12)25)11-21-5-7-22(8-6-21)14-4-2-3-13(10-14)17(18,19)20/h2-4,10,12H,5-9,11H2,1H3. The molecular weight excluding hydrogens is 335 g/mol. The maximum atomic E-state index is 12.8. The highest BCUT2D eigenvalue weighted by Crippen LogP contribution is 2.32. The van der Waals surface area contributed by atoms with Gasteiger partial charge < -0.3 is 4.90 Å². The molecule has 2 aliphatic rings. The van der Waals surface area contributed by atoms with Crippen molar-refractivity contribution >= 4 is 17.5 Å². The zero-order valence-corrected chi connectivity index (χ0v) is 13.9. The lowest BCUT2D eigenvalue weighted by molar-refractivity contribution is -0.142. The molecule has 2 fully saturated rings. The number of carbonyl (C=O) groups excluding carboxylic acids is 2. The maximum absolute atomic E-state index is 12.8. The Labute approximate surface area is 144 Å². The molecule has 1 unspecified atom stereocenters. The molecule has 0 bridgehead atoms. The van der Waals surface area contributed by atoms with Gasteiger partial charge in [0.05, 0.1) is 12.2 Å². The van der Waals surface area contributed by atoms with Gasteiger partial charge in [-0.25, -0.2) is 0 Å². The van der Waals surface area contributed by atoms with E-state index in [0.29, 0.717) is 31.9 Å². The van der Waals surface area contributed by atoms with Gasteiger partial charge in [-0.2, -0.15) is 13.2 Å². The van der Waals surface area contributed by atoms with E-state index < -0.39 is 11.7 Å². The van der Waals surface area contributed by atoms with Gasteiger partial charge >= 0.3 is 6.18 Å². The van der Waals surface area contributed by atoms with Crippen LogP contribution < -0.4 is 4.90 Å². The SMILES string of the molecule is CC1CC(=O)N(CN2CCN(c3cccc(C(F)(F)F)c3)CC2)C1=O. The van der Waals surface area contributed by atoms with E-state index in [0.717, 1.165) is 12.1 Å². The van der Waals surface area contributed by atoms with Crippen LogP contribution >= 0.6 is 0 Å². The molecule has 5 nitrogen and oxygen atoms in total. The zero-order chi connectivity index (χ0) is 18.2. The lowest BCUT2D eigenvalue weighted by Crippen LogP contribution is -2.51. The summed E-state index contributed by atoms with van der Waals surface area (Å²) in [4.78, 5) is 29.0. The Morgan fingerprint density at radius 2 is 1.80 bits per heavy atom. The summed E-state index contributed by atoms with van der Waals surface area (Å²) in [5, 5.41) is 0. The topological polar surface area (TPSA) is 43.9 Å². The van der Waals surface area contributed by atoms with Crippen molar-refractivity contribution in [3.05, 3.63) is 29.8 Å². The minimum atomic E-state index is -4.36. The monoisotopic (exact) mass is 355 g/mol. The van der Waals surface area contributed by atoms with Crippen LogP contribution in [0.15, 0.2) is 24.3 Å². The highest BCUT2D eigenvalue weighted by atomic mass is 19.4. The van der Waals surface area contributed by atoms with Crippen molar-refractivity contribution in [3.8, 4) is 0 Å². The van der Waals surface area contributed by atoms with E-state index in [1.165, 1.54) is 11.0 Å². The van der Waals surface area contributed by atoms with Crippen molar-refractivity contribution in [1.29, 1.82) is 0 Å². The van der Waals surface area contributed by atoms with Crippen LogP contribution in [0.5, 0.6) is 0 Å². The minimum absolute atomic E-state index is 0.148. The second-order valence-electron chi connectivity index (χ2n) is 6.56. The van der Waals surface area contributed by atoms with Crippen molar-refractivity contribution in [3.63, 3.8) is 0 Å². The molecule has 3 rings (SSSR count). The second-order valence-corrected chi connectivity index (χ2v) is 6.56. The summed E-state index contributed by atoms with van der Waals surface area (Å²) in [6, 6.07) is 5.30. The molecule has 0 radical (unpaired) electrons. The fourth-order valence-electron chi connectivity index (χ4n) is 3.22. The summed E-state index contributed by atoms with van der Waals surface area (Å²) in [5.41, 5.74) is -0.119. The van der Waals surface area contributed by atoms with Gasteiger partial charge in [-0.05, 0) is 18.2 Å². The molecule has 136 valence electrons. The van der Waals surface area contributed by atoms with Crippen LogP contribution in [-0.2, 0) is 15.8 Å². The number of benzene rings is 1. The fraction of sp³-hybridized carbons (Fsp3) is 0.529. The Balaban J connectivity index is 1.59. The maximum Gasteiger partial charge on any atom is 0.416 e. The normalized spacial score (nSPS) is 22.8. The smallest absolute Gasteiger partial charge is 0.369 e. The lowest BCUT2D eigenvalue weighted by Gasteiger charge is -2.37. The molecule has 0 aliphatic carbocycles. The lowest BCUT2D eigenvalue weighted by atomic mass is 10.1. The van der Waals surface area contributed by atoms with Crippen LogP contribution in [0.3, 0.4) is 0 Å². The minimum Gasteiger partial charge on any atom is -0.369 e. The number of rotatable bonds is 3. The summed E-state index contributed by atoms with van der Waals surface area (Å²) in [6.07, 6.45) is -4.10. The average molecular weight is 355 g/mol. The van der Waals surface area contributed by atoms with E-state index in [-0.39, 0.29) is 30.8 Å². The first-order chi connectivity index (χ1) is 11.8. The van der Waals surface area contributed by atoms with Gasteiger partial charge in [0.1, 0.15) is 0 Å². The number of carbonyl (C=O) groups is 2. The summed E-state index contributed by atoms with van der Waals surface area (Å²) in [6.45, 7) is 4.27. The number of likely N-dealkylation sites (tertiary alicyclic amines) is 1. The quantitative estimate of drug-likeness (QED) is 0.780. The van der Waals surface area contributed by atoms with E-state index in [1.807, 2.05) is 9.80 Å². The van der Waals surface area contributed by atoms with Crippen molar-refractivity contribution < 1.29 is 22.8 Å². The van der Waals surface area contributed by atoms with Gasteiger partial charge in [-0.15, -0.1) is 0 Å². The van der Waals surface area contributed by atoms with Gasteiger partial charge in [0.25, 0.3) is 0 Å². The van der Waals surface area contributed by atoms with E-state index in [9.17, 15) is 22.8 Å². The number of halogens is 3. The predicted molar refractivity (Wildman–Crippen MR) is 85.7 cm³/mol. The molecule has 0 aromatic heterocycles. The first-order valence-electron chi connectivity index (χ1n) is 8.24. The number of alkyl halides is 3. The van der Waals surface area contributed by atoms with Crippen LogP contribution in [0, 0.1) is 5.92 Å². The Kier molecular flexibility index (Phi) is 4.73. The van der Waals surface area contributed by atoms with E-state index in [2.05, 4.69) is 0 Å². The average Bonchev–Trinajstić information content (AvgIpc) is 2.81. The summed E-state index contributed by atoms with van der Waals surface area (Å²) < 4.78 is 38.5. The van der Waals surface area contributed by atoms with Crippen molar-refractivity contribution in [2.24, 2.45) is 5.92 Å². The summed E-state index contributed by atoms with van der Waals surface area (Å²) in [7, 11) is 0. The Hall–Kier alpha value is -2.09.